The third kappa shape index (κ3) is 8.72. The Morgan fingerprint density at radius 1 is 0.923 bits per heavy atom. The summed E-state index contributed by atoms with van der Waals surface area (Å²) in [5, 5.41) is 17.2. The number of carbonyl (C=O) groups is 1. The number of rotatable bonds is 10. The molecule has 5 aromatic rings. The van der Waals surface area contributed by atoms with Crippen LogP contribution in [0.25, 0.3) is 16.7 Å². The number of carbonyl (C=O) groups excluding carboxylic acids is 1. The normalized spacial score (nSPS) is 19.0. The smallest absolute Gasteiger partial charge is 0.487 e. The van der Waals surface area contributed by atoms with E-state index in [4.69, 9.17) is 14.4 Å². The monoisotopic (exact) mass is 716 g/mol. The van der Waals surface area contributed by atoms with Crippen molar-refractivity contribution in [3.05, 3.63) is 108 Å². The van der Waals surface area contributed by atoms with Gasteiger partial charge in [-0.1, -0.05) is 12.1 Å². The van der Waals surface area contributed by atoms with Gasteiger partial charge in [-0.2, -0.15) is 10.4 Å². The molecule has 2 aliphatic heterocycles. The number of piperidine rings is 2. The predicted molar refractivity (Wildman–Crippen MR) is 183 cm³/mol. The molecule has 2 saturated heterocycles. The molecule has 2 aromatic heterocycles. The predicted octanol–water partition coefficient (Wildman–Crippen LogP) is 6.77. The Hall–Kier alpha value is -5.39. The number of nitriles is 1. The van der Waals surface area contributed by atoms with E-state index in [-0.39, 0.29) is 30.0 Å². The summed E-state index contributed by atoms with van der Waals surface area (Å²) >= 11 is 0. The summed E-state index contributed by atoms with van der Waals surface area (Å²) in [6.45, 7) is 3.43. The molecule has 10 nitrogen and oxygen atoms in total. The number of likely N-dealkylation sites (tertiary alicyclic amines) is 2. The highest BCUT2D eigenvalue weighted by Gasteiger charge is 2.32. The SMILES string of the molecule is N#Cc1ccc(-n2cc(CN3CC[C@@H](Oc4ccc5oc(C(=O)NC6CCN(Cc7ccc(OC(F)(F)F)cc7)CC6)cc5c4)[C@H](F)C3)cn2)cc1. The first-order valence-electron chi connectivity index (χ1n) is 17.1. The quantitative estimate of drug-likeness (QED) is 0.158. The van der Waals surface area contributed by atoms with Crippen molar-refractivity contribution in [1.82, 2.24) is 24.9 Å². The molecular formula is C38H36F4N6O4. The van der Waals surface area contributed by atoms with Crippen molar-refractivity contribution in [1.29, 1.82) is 5.26 Å². The lowest BCUT2D eigenvalue weighted by Crippen LogP contribution is -2.46. The average molecular weight is 717 g/mol. The van der Waals surface area contributed by atoms with Gasteiger partial charge >= 0.3 is 6.36 Å². The van der Waals surface area contributed by atoms with Gasteiger partial charge in [-0.25, -0.2) is 9.07 Å². The van der Waals surface area contributed by atoms with Gasteiger partial charge in [0, 0.05) is 62.5 Å². The number of hydrogen-bond acceptors (Lipinski definition) is 8. The van der Waals surface area contributed by atoms with E-state index < -0.39 is 18.6 Å². The first-order chi connectivity index (χ1) is 25.1. The third-order valence-corrected chi connectivity index (χ3v) is 9.35. The molecular weight excluding hydrogens is 680 g/mol. The zero-order valence-corrected chi connectivity index (χ0v) is 28.1. The zero-order chi connectivity index (χ0) is 36.2. The topological polar surface area (TPSA) is 109 Å². The van der Waals surface area contributed by atoms with E-state index in [1.54, 1.807) is 59.4 Å². The zero-order valence-electron chi connectivity index (χ0n) is 28.1. The van der Waals surface area contributed by atoms with E-state index >= 15 is 4.39 Å². The Balaban J connectivity index is 0.867. The Morgan fingerprint density at radius 2 is 1.63 bits per heavy atom. The number of fused-ring (bicyclic) bond motifs is 1. The summed E-state index contributed by atoms with van der Waals surface area (Å²) in [5.41, 5.74) is 3.77. The van der Waals surface area contributed by atoms with Gasteiger partial charge in [0.1, 0.15) is 29.4 Å². The fourth-order valence-electron chi connectivity index (χ4n) is 6.68. The summed E-state index contributed by atoms with van der Waals surface area (Å²) in [7, 11) is 0. The highest BCUT2D eigenvalue weighted by atomic mass is 19.4. The van der Waals surface area contributed by atoms with Gasteiger partial charge in [0.2, 0.25) is 0 Å². The lowest BCUT2D eigenvalue weighted by molar-refractivity contribution is -0.274. The van der Waals surface area contributed by atoms with Crippen LogP contribution in [0, 0.1) is 11.3 Å². The standard InChI is InChI=1S/C38H36F4N6O4/c39-33-24-47(22-27-20-44-48(23-27)30-5-1-25(19-43)2-6-30)16-13-35(33)50-32-9-10-34-28(17-32)18-36(51-34)37(49)45-29-11-14-46(15-12-29)21-26-3-7-31(8-4-26)52-38(40,41)42/h1-10,17-18,20,23,29,33,35H,11-16,21-22,24H2,(H,45,49)/t33-,35-/m1/s1. The largest absolute Gasteiger partial charge is 0.573 e. The maximum Gasteiger partial charge on any atom is 0.573 e. The number of ether oxygens (including phenoxy) is 2. The molecule has 0 bridgehead atoms. The van der Waals surface area contributed by atoms with Crippen LogP contribution in [0.15, 0.2) is 89.6 Å². The minimum atomic E-state index is -4.72. The van der Waals surface area contributed by atoms with Crippen LogP contribution < -0.4 is 14.8 Å². The van der Waals surface area contributed by atoms with E-state index in [1.165, 1.54) is 12.1 Å². The first-order valence-corrected chi connectivity index (χ1v) is 17.1. The third-order valence-electron chi connectivity index (χ3n) is 9.35. The van der Waals surface area contributed by atoms with Crippen molar-refractivity contribution in [2.24, 2.45) is 0 Å². The molecule has 14 heteroatoms. The fraction of sp³-hybridized carbons (Fsp3) is 0.342. The lowest BCUT2D eigenvalue weighted by atomic mass is 10.0. The number of amides is 1. The number of nitrogens with zero attached hydrogens (tertiary/aromatic N) is 5. The lowest BCUT2D eigenvalue weighted by Gasteiger charge is -2.34. The molecule has 0 radical (unpaired) electrons. The molecule has 270 valence electrons. The number of aromatic nitrogens is 2. The van der Waals surface area contributed by atoms with Crippen molar-refractivity contribution in [3.63, 3.8) is 0 Å². The molecule has 1 amide bonds. The number of hydrogen-bond donors (Lipinski definition) is 1. The van der Waals surface area contributed by atoms with Crippen LogP contribution in [0.1, 0.15) is 46.5 Å². The van der Waals surface area contributed by atoms with Crippen molar-refractivity contribution >= 4 is 16.9 Å². The van der Waals surface area contributed by atoms with E-state index in [9.17, 15) is 18.0 Å². The van der Waals surface area contributed by atoms with Crippen LogP contribution in [-0.4, -0.2) is 76.3 Å². The maximum absolute atomic E-state index is 15.3. The van der Waals surface area contributed by atoms with Crippen molar-refractivity contribution in [2.45, 2.75) is 57.0 Å². The molecule has 2 atom stereocenters. The number of benzene rings is 3. The van der Waals surface area contributed by atoms with Crippen LogP contribution in [-0.2, 0) is 13.1 Å². The summed E-state index contributed by atoms with van der Waals surface area (Å²) in [4.78, 5) is 17.3. The molecule has 4 heterocycles. The van der Waals surface area contributed by atoms with Crippen LogP contribution in [0.5, 0.6) is 11.5 Å². The van der Waals surface area contributed by atoms with Crippen LogP contribution >= 0.6 is 0 Å². The van der Waals surface area contributed by atoms with Crippen LogP contribution in [0.3, 0.4) is 0 Å². The van der Waals surface area contributed by atoms with E-state index in [1.807, 2.05) is 23.2 Å². The Bertz CT molecular complexity index is 2030. The van der Waals surface area contributed by atoms with Gasteiger partial charge in [-0.3, -0.25) is 14.6 Å². The van der Waals surface area contributed by atoms with Crippen molar-refractivity contribution in [2.75, 3.05) is 26.2 Å². The summed E-state index contributed by atoms with van der Waals surface area (Å²) in [6.07, 6.45) is -0.935. The second-order valence-electron chi connectivity index (χ2n) is 13.2. The van der Waals surface area contributed by atoms with E-state index in [2.05, 4.69) is 26.1 Å². The second-order valence-corrected chi connectivity index (χ2v) is 13.2. The van der Waals surface area contributed by atoms with E-state index in [0.29, 0.717) is 74.3 Å². The van der Waals surface area contributed by atoms with Gasteiger partial charge in [0.25, 0.3) is 5.91 Å². The molecule has 7 rings (SSSR count). The molecule has 3 aromatic carbocycles. The molecule has 52 heavy (non-hydrogen) atoms. The second kappa shape index (κ2) is 15.1. The Kier molecular flexibility index (Phi) is 10.2. The van der Waals surface area contributed by atoms with Gasteiger partial charge in [-0.15, -0.1) is 13.2 Å². The molecule has 1 N–H and O–H groups in total. The summed E-state index contributed by atoms with van der Waals surface area (Å²) < 4.78 is 70.2. The number of nitrogens with one attached hydrogen (secondary N) is 1. The Labute approximate surface area is 297 Å². The average Bonchev–Trinajstić information content (AvgIpc) is 3.78. The van der Waals surface area contributed by atoms with Gasteiger partial charge in [0.15, 0.2) is 5.76 Å². The van der Waals surface area contributed by atoms with Gasteiger partial charge in [0.05, 0.1) is 23.5 Å². The van der Waals surface area contributed by atoms with Crippen molar-refractivity contribution in [3.8, 4) is 23.3 Å². The first kappa shape index (κ1) is 35.0. The van der Waals surface area contributed by atoms with Gasteiger partial charge in [-0.05, 0) is 85.5 Å². The summed E-state index contributed by atoms with van der Waals surface area (Å²) in [6, 6.07) is 21.9. The minimum Gasteiger partial charge on any atom is -0.487 e. The van der Waals surface area contributed by atoms with Gasteiger partial charge < -0.3 is 19.2 Å². The number of alkyl halides is 4. The van der Waals surface area contributed by atoms with Crippen LogP contribution in [0.4, 0.5) is 17.6 Å². The number of furan rings is 1. The highest BCUT2D eigenvalue weighted by Crippen LogP contribution is 2.29. The minimum absolute atomic E-state index is 0.0514. The van der Waals surface area contributed by atoms with Crippen LogP contribution in [0.2, 0.25) is 0 Å². The number of halogens is 4. The summed E-state index contributed by atoms with van der Waals surface area (Å²) in [5.74, 6) is 0.0998. The molecule has 0 unspecified atom stereocenters. The Morgan fingerprint density at radius 3 is 2.35 bits per heavy atom. The molecule has 2 fully saturated rings. The maximum atomic E-state index is 15.3. The highest BCUT2D eigenvalue weighted by molar-refractivity contribution is 5.96. The van der Waals surface area contributed by atoms with E-state index in [0.717, 1.165) is 16.8 Å². The molecule has 0 saturated carbocycles. The molecule has 0 aliphatic carbocycles. The molecule has 0 spiro atoms. The molecule has 2 aliphatic rings. The fourth-order valence-corrected chi connectivity index (χ4v) is 6.68. The van der Waals surface area contributed by atoms with Crippen molar-refractivity contribution < 1.29 is 36.2 Å².